The number of rotatable bonds is 6. The first-order valence-electron chi connectivity index (χ1n) is 8.73. The van der Waals surface area contributed by atoms with E-state index in [9.17, 15) is 13.2 Å². The van der Waals surface area contributed by atoms with Crippen molar-refractivity contribution in [1.29, 1.82) is 0 Å². The predicted octanol–water partition coefficient (Wildman–Crippen LogP) is 3.43. The molecule has 0 aliphatic rings. The monoisotopic (exact) mass is 395 g/mol. The molecule has 28 heavy (non-hydrogen) atoms. The van der Waals surface area contributed by atoms with Crippen molar-refractivity contribution in [2.45, 2.75) is 25.3 Å². The number of benzene rings is 2. The maximum atomic E-state index is 12.9. The number of aryl methyl sites for hydroxylation is 2. The van der Waals surface area contributed by atoms with E-state index >= 15 is 0 Å². The number of hydrogen-bond donors (Lipinski definition) is 2. The molecule has 0 aliphatic heterocycles. The van der Waals surface area contributed by atoms with E-state index in [-0.39, 0.29) is 16.4 Å². The first kappa shape index (κ1) is 19.6. The number of para-hydroxylation sites is 1. The van der Waals surface area contributed by atoms with Crippen LogP contribution in [0.2, 0.25) is 0 Å². The van der Waals surface area contributed by atoms with Gasteiger partial charge >= 0.3 is 0 Å². The molecule has 0 saturated heterocycles. The van der Waals surface area contributed by atoms with Crippen LogP contribution in [0.25, 0.3) is 0 Å². The highest BCUT2D eigenvalue weighted by Gasteiger charge is 2.20. The van der Waals surface area contributed by atoms with E-state index in [0.29, 0.717) is 17.8 Å². The van der Waals surface area contributed by atoms with Crippen LogP contribution in [-0.4, -0.2) is 19.3 Å². The Hall–Kier alpha value is -3.19. The van der Waals surface area contributed by atoms with Gasteiger partial charge < -0.3 is 5.32 Å². The van der Waals surface area contributed by atoms with Crippen molar-refractivity contribution in [3.63, 3.8) is 0 Å². The number of aromatic nitrogens is 1. The lowest BCUT2D eigenvalue weighted by molar-refractivity contribution is 0.0950. The summed E-state index contributed by atoms with van der Waals surface area (Å²) < 4.78 is 28.4. The summed E-state index contributed by atoms with van der Waals surface area (Å²) in [6.45, 7) is 3.86. The molecule has 6 nitrogen and oxygen atoms in total. The minimum atomic E-state index is -3.83. The average molecular weight is 395 g/mol. The summed E-state index contributed by atoms with van der Waals surface area (Å²) in [7, 11) is -3.83. The molecular formula is C21H21N3O3S. The van der Waals surface area contributed by atoms with E-state index in [1.54, 1.807) is 55.7 Å². The molecule has 1 heterocycles. The fourth-order valence-electron chi connectivity index (χ4n) is 2.70. The van der Waals surface area contributed by atoms with Crippen LogP contribution in [0.1, 0.15) is 27.0 Å². The fraction of sp³-hybridized carbons (Fsp3) is 0.143. The minimum Gasteiger partial charge on any atom is -0.348 e. The molecule has 1 amide bonds. The molecule has 0 unspecified atom stereocenters. The van der Waals surface area contributed by atoms with Gasteiger partial charge in [-0.15, -0.1) is 0 Å². The number of anilines is 1. The molecule has 0 saturated carbocycles. The zero-order valence-corrected chi connectivity index (χ0v) is 16.5. The number of nitrogens with one attached hydrogen (secondary N) is 2. The summed E-state index contributed by atoms with van der Waals surface area (Å²) in [6, 6.07) is 15.4. The highest BCUT2D eigenvalue weighted by molar-refractivity contribution is 7.92. The molecule has 144 valence electrons. The summed E-state index contributed by atoms with van der Waals surface area (Å²) in [5.41, 5.74) is 3.07. The maximum Gasteiger partial charge on any atom is 0.262 e. The van der Waals surface area contributed by atoms with Gasteiger partial charge in [0.15, 0.2) is 0 Å². The third kappa shape index (κ3) is 4.55. The van der Waals surface area contributed by atoms with Crippen LogP contribution >= 0.6 is 0 Å². The van der Waals surface area contributed by atoms with Crippen molar-refractivity contribution in [2.75, 3.05) is 4.72 Å². The van der Waals surface area contributed by atoms with Gasteiger partial charge in [-0.1, -0.05) is 24.3 Å². The second kappa shape index (κ2) is 8.22. The number of carbonyl (C=O) groups excluding carboxylic acids is 1. The van der Waals surface area contributed by atoms with E-state index in [1.807, 2.05) is 19.1 Å². The first-order chi connectivity index (χ1) is 13.4. The highest BCUT2D eigenvalue weighted by atomic mass is 32.2. The average Bonchev–Trinajstić information content (AvgIpc) is 2.69. The van der Waals surface area contributed by atoms with Gasteiger partial charge in [-0.25, -0.2) is 8.42 Å². The van der Waals surface area contributed by atoms with Crippen molar-refractivity contribution in [1.82, 2.24) is 10.3 Å². The van der Waals surface area contributed by atoms with Crippen LogP contribution in [-0.2, 0) is 16.6 Å². The van der Waals surface area contributed by atoms with E-state index in [1.165, 1.54) is 6.07 Å². The standard InChI is InChI=1S/C21H21N3O3S/c1-15-5-3-4-6-19(15)24-28(26,27)20-13-18(8-7-16(20)2)21(25)23-14-17-9-11-22-12-10-17/h3-13,24H,14H2,1-2H3,(H,23,25). The SMILES string of the molecule is Cc1ccccc1NS(=O)(=O)c1cc(C(=O)NCc2ccncc2)ccc1C. The summed E-state index contributed by atoms with van der Waals surface area (Å²) in [5.74, 6) is -0.343. The Bertz CT molecular complexity index is 1100. The van der Waals surface area contributed by atoms with E-state index in [0.717, 1.165) is 11.1 Å². The Labute approximate surface area is 164 Å². The number of nitrogens with zero attached hydrogens (tertiary/aromatic N) is 1. The van der Waals surface area contributed by atoms with Gasteiger partial charge in [0, 0.05) is 24.5 Å². The van der Waals surface area contributed by atoms with Crippen LogP contribution in [0.15, 0.2) is 71.9 Å². The van der Waals surface area contributed by atoms with Gasteiger partial charge in [-0.05, 0) is 60.9 Å². The van der Waals surface area contributed by atoms with Crippen molar-refractivity contribution in [3.8, 4) is 0 Å². The normalized spacial score (nSPS) is 11.1. The lowest BCUT2D eigenvalue weighted by Crippen LogP contribution is -2.23. The molecule has 0 aliphatic carbocycles. The van der Waals surface area contributed by atoms with Crippen LogP contribution < -0.4 is 10.0 Å². The Morgan fingerprint density at radius 3 is 2.39 bits per heavy atom. The second-order valence-electron chi connectivity index (χ2n) is 6.44. The Balaban J connectivity index is 1.82. The zero-order valence-electron chi connectivity index (χ0n) is 15.6. The van der Waals surface area contributed by atoms with Gasteiger partial charge in [0.05, 0.1) is 10.6 Å². The van der Waals surface area contributed by atoms with Crippen LogP contribution in [0, 0.1) is 13.8 Å². The minimum absolute atomic E-state index is 0.0762. The van der Waals surface area contributed by atoms with Crippen molar-refractivity contribution >= 4 is 21.6 Å². The number of sulfonamides is 1. The van der Waals surface area contributed by atoms with Gasteiger partial charge in [-0.3, -0.25) is 14.5 Å². The van der Waals surface area contributed by atoms with Gasteiger partial charge in [0.25, 0.3) is 15.9 Å². The lowest BCUT2D eigenvalue weighted by atomic mass is 10.1. The number of carbonyl (C=O) groups is 1. The number of pyridine rings is 1. The number of amides is 1. The third-order valence-corrected chi connectivity index (χ3v) is 5.84. The quantitative estimate of drug-likeness (QED) is 0.669. The van der Waals surface area contributed by atoms with Crippen molar-refractivity contribution < 1.29 is 13.2 Å². The maximum absolute atomic E-state index is 12.9. The topological polar surface area (TPSA) is 88.2 Å². The molecule has 7 heteroatoms. The van der Waals surface area contributed by atoms with Crippen molar-refractivity contribution in [3.05, 3.63) is 89.2 Å². The summed E-state index contributed by atoms with van der Waals surface area (Å²) >= 11 is 0. The van der Waals surface area contributed by atoms with E-state index in [4.69, 9.17) is 0 Å². The molecule has 0 bridgehead atoms. The molecule has 0 spiro atoms. The molecule has 1 aromatic heterocycles. The molecule has 2 aromatic carbocycles. The molecule has 0 atom stereocenters. The molecule has 3 aromatic rings. The van der Waals surface area contributed by atoms with Gasteiger partial charge in [0.1, 0.15) is 0 Å². The first-order valence-corrected chi connectivity index (χ1v) is 10.2. The molecule has 2 N–H and O–H groups in total. The largest absolute Gasteiger partial charge is 0.348 e. The van der Waals surface area contributed by atoms with Crippen LogP contribution in [0.5, 0.6) is 0 Å². The van der Waals surface area contributed by atoms with Gasteiger partial charge in [-0.2, -0.15) is 0 Å². The van der Waals surface area contributed by atoms with E-state index < -0.39 is 10.0 Å². The lowest BCUT2D eigenvalue weighted by Gasteiger charge is -2.13. The molecule has 3 rings (SSSR count). The van der Waals surface area contributed by atoms with E-state index in [2.05, 4.69) is 15.0 Å². The summed E-state index contributed by atoms with van der Waals surface area (Å²) in [5, 5.41) is 2.79. The van der Waals surface area contributed by atoms with Gasteiger partial charge in [0.2, 0.25) is 0 Å². The molecular weight excluding hydrogens is 374 g/mol. The fourth-order valence-corrected chi connectivity index (χ4v) is 4.11. The highest BCUT2D eigenvalue weighted by Crippen LogP contribution is 2.22. The third-order valence-electron chi connectivity index (χ3n) is 4.33. The second-order valence-corrected chi connectivity index (χ2v) is 8.09. The summed E-state index contributed by atoms with van der Waals surface area (Å²) in [4.78, 5) is 16.5. The Morgan fingerprint density at radius 2 is 1.68 bits per heavy atom. The predicted molar refractivity (Wildman–Crippen MR) is 109 cm³/mol. The molecule has 0 fully saturated rings. The summed E-state index contributed by atoms with van der Waals surface area (Å²) in [6.07, 6.45) is 3.30. The number of hydrogen-bond acceptors (Lipinski definition) is 4. The van der Waals surface area contributed by atoms with Crippen LogP contribution in [0.4, 0.5) is 5.69 Å². The van der Waals surface area contributed by atoms with Crippen molar-refractivity contribution in [2.24, 2.45) is 0 Å². The zero-order chi connectivity index (χ0) is 20.1. The Kier molecular flexibility index (Phi) is 5.75. The smallest absolute Gasteiger partial charge is 0.262 e. The molecule has 0 radical (unpaired) electrons. The van der Waals surface area contributed by atoms with Crippen LogP contribution in [0.3, 0.4) is 0 Å². The Morgan fingerprint density at radius 1 is 0.964 bits per heavy atom.